The molecule has 0 radical (unpaired) electrons. The quantitative estimate of drug-likeness (QED) is 0.909. The fourth-order valence-corrected chi connectivity index (χ4v) is 4.37. The molecule has 1 fully saturated rings. The van der Waals surface area contributed by atoms with Crippen LogP contribution in [0.4, 0.5) is 0 Å². The molecule has 20 heavy (non-hydrogen) atoms. The Kier molecular flexibility index (Phi) is 4.69. The molecule has 3 atom stereocenters. The number of ether oxygens (including phenoxy) is 1. The number of benzene rings is 1. The molecule has 3 heteroatoms. The van der Waals surface area contributed by atoms with E-state index in [2.05, 4.69) is 43.4 Å². The smallest absolute Gasteiger partial charge is 0.0612 e. The minimum absolute atomic E-state index is 0.425. The van der Waals surface area contributed by atoms with Gasteiger partial charge in [0.1, 0.15) is 0 Å². The van der Waals surface area contributed by atoms with Gasteiger partial charge in [0.25, 0.3) is 0 Å². The van der Waals surface area contributed by atoms with Gasteiger partial charge in [0.15, 0.2) is 0 Å². The van der Waals surface area contributed by atoms with Gasteiger partial charge >= 0.3 is 0 Å². The van der Waals surface area contributed by atoms with Gasteiger partial charge in [-0.2, -0.15) is 0 Å². The van der Waals surface area contributed by atoms with Gasteiger partial charge in [0.05, 0.1) is 6.10 Å². The Hall–Kier alpha value is -0.510. The van der Waals surface area contributed by atoms with Crippen molar-refractivity contribution in [2.24, 2.45) is 5.92 Å². The lowest BCUT2D eigenvalue weighted by Crippen LogP contribution is -2.42. The van der Waals surface area contributed by atoms with E-state index in [1.165, 1.54) is 22.6 Å². The molecule has 2 aliphatic rings. The Bertz CT molecular complexity index is 448. The fourth-order valence-electron chi connectivity index (χ4n) is 3.24. The van der Waals surface area contributed by atoms with Crippen LogP contribution in [0.3, 0.4) is 0 Å². The standard InChI is InChI=1S/C17H25NOS/c1-12(2)16-11-13(7-9-19-16)18-15-8-10-20-17-6-4-3-5-14(15)17/h3-6,12-13,15-16,18H,7-11H2,1-2H3. The normalized spacial score (nSPS) is 30.2. The van der Waals surface area contributed by atoms with Gasteiger partial charge in [0.2, 0.25) is 0 Å². The molecule has 0 aliphatic carbocycles. The molecule has 1 aromatic carbocycles. The lowest BCUT2D eigenvalue weighted by molar-refractivity contribution is -0.0261. The van der Waals surface area contributed by atoms with Crippen molar-refractivity contribution in [1.29, 1.82) is 0 Å². The maximum absolute atomic E-state index is 5.88. The first-order chi connectivity index (χ1) is 9.74. The van der Waals surface area contributed by atoms with Gasteiger partial charge in [-0.15, -0.1) is 11.8 Å². The molecule has 3 rings (SSSR count). The van der Waals surface area contributed by atoms with E-state index in [4.69, 9.17) is 4.74 Å². The zero-order chi connectivity index (χ0) is 13.9. The second-order valence-corrected chi connectivity index (χ2v) is 7.41. The lowest BCUT2D eigenvalue weighted by atomic mass is 9.93. The second-order valence-electron chi connectivity index (χ2n) is 6.27. The van der Waals surface area contributed by atoms with Crippen molar-refractivity contribution in [2.45, 2.75) is 56.2 Å². The van der Waals surface area contributed by atoms with Crippen molar-refractivity contribution in [1.82, 2.24) is 5.32 Å². The highest BCUT2D eigenvalue weighted by molar-refractivity contribution is 7.99. The van der Waals surface area contributed by atoms with Gasteiger partial charge in [0, 0.05) is 23.6 Å². The van der Waals surface area contributed by atoms with E-state index in [0.717, 1.165) is 19.4 Å². The molecule has 1 aromatic rings. The molecule has 0 bridgehead atoms. The predicted molar refractivity (Wildman–Crippen MR) is 85.3 cm³/mol. The molecule has 0 spiro atoms. The summed E-state index contributed by atoms with van der Waals surface area (Å²) in [6.45, 7) is 5.43. The number of thioether (sulfide) groups is 1. The van der Waals surface area contributed by atoms with Crippen LogP contribution in [0.25, 0.3) is 0 Å². The van der Waals surface area contributed by atoms with Crippen LogP contribution in [0.2, 0.25) is 0 Å². The Morgan fingerprint density at radius 3 is 2.95 bits per heavy atom. The number of fused-ring (bicyclic) bond motifs is 1. The largest absolute Gasteiger partial charge is 0.378 e. The summed E-state index contributed by atoms with van der Waals surface area (Å²) in [7, 11) is 0. The van der Waals surface area contributed by atoms with E-state index in [1.807, 2.05) is 11.8 Å². The van der Waals surface area contributed by atoms with E-state index < -0.39 is 0 Å². The lowest BCUT2D eigenvalue weighted by Gasteiger charge is -2.36. The summed E-state index contributed by atoms with van der Waals surface area (Å²) in [6.07, 6.45) is 3.97. The van der Waals surface area contributed by atoms with E-state index in [9.17, 15) is 0 Å². The molecule has 0 amide bonds. The predicted octanol–water partition coefficient (Wildman–Crippen LogP) is 4.02. The van der Waals surface area contributed by atoms with Crippen molar-refractivity contribution < 1.29 is 4.74 Å². The third-order valence-electron chi connectivity index (χ3n) is 4.45. The first kappa shape index (κ1) is 14.4. The highest BCUT2D eigenvalue weighted by Crippen LogP contribution is 2.36. The summed E-state index contributed by atoms with van der Waals surface area (Å²) in [5.41, 5.74) is 1.50. The molecule has 110 valence electrons. The molecular weight excluding hydrogens is 266 g/mol. The number of nitrogens with one attached hydrogen (secondary N) is 1. The molecule has 2 heterocycles. The van der Waals surface area contributed by atoms with Crippen molar-refractivity contribution in [2.75, 3.05) is 12.4 Å². The zero-order valence-corrected chi connectivity index (χ0v) is 13.3. The first-order valence-electron chi connectivity index (χ1n) is 7.83. The Balaban J connectivity index is 1.66. The topological polar surface area (TPSA) is 21.3 Å². The second kappa shape index (κ2) is 6.50. The zero-order valence-electron chi connectivity index (χ0n) is 12.5. The maximum atomic E-state index is 5.88. The van der Waals surface area contributed by atoms with Crippen LogP contribution in [0.1, 0.15) is 44.7 Å². The van der Waals surface area contributed by atoms with Crippen LogP contribution in [-0.4, -0.2) is 24.5 Å². The Morgan fingerprint density at radius 1 is 1.25 bits per heavy atom. The van der Waals surface area contributed by atoms with Crippen LogP contribution in [-0.2, 0) is 4.74 Å². The van der Waals surface area contributed by atoms with Crippen molar-refractivity contribution in [3.63, 3.8) is 0 Å². The first-order valence-corrected chi connectivity index (χ1v) is 8.82. The molecular formula is C17H25NOS. The van der Waals surface area contributed by atoms with Gasteiger partial charge in [-0.1, -0.05) is 32.0 Å². The van der Waals surface area contributed by atoms with E-state index in [1.54, 1.807) is 0 Å². The van der Waals surface area contributed by atoms with Gasteiger partial charge in [-0.3, -0.25) is 0 Å². The van der Waals surface area contributed by atoms with Crippen LogP contribution < -0.4 is 5.32 Å². The van der Waals surface area contributed by atoms with Crippen LogP contribution in [0.15, 0.2) is 29.2 Å². The van der Waals surface area contributed by atoms with Gasteiger partial charge in [-0.25, -0.2) is 0 Å². The van der Waals surface area contributed by atoms with Crippen molar-refractivity contribution in [3.05, 3.63) is 29.8 Å². The van der Waals surface area contributed by atoms with Crippen LogP contribution in [0, 0.1) is 5.92 Å². The minimum Gasteiger partial charge on any atom is -0.378 e. The van der Waals surface area contributed by atoms with E-state index in [-0.39, 0.29) is 0 Å². The molecule has 0 saturated carbocycles. The summed E-state index contributed by atoms with van der Waals surface area (Å²) in [5, 5.41) is 3.91. The van der Waals surface area contributed by atoms with Crippen LogP contribution >= 0.6 is 11.8 Å². The number of rotatable bonds is 3. The highest BCUT2D eigenvalue weighted by atomic mass is 32.2. The minimum atomic E-state index is 0.425. The summed E-state index contributed by atoms with van der Waals surface area (Å²) in [6, 6.07) is 10.0. The van der Waals surface area contributed by atoms with Gasteiger partial charge in [-0.05, 0) is 42.6 Å². The third-order valence-corrected chi connectivity index (χ3v) is 5.58. The summed E-state index contributed by atoms with van der Waals surface area (Å²) in [4.78, 5) is 1.46. The van der Waals surface area contributed by atoms with E-state index >= 15 is 0 Å². The SMILES string of the molecule is CC(C)C1CC(NC2CCSc3ccccc32)CCO1. The monoisotopic (exact) mass is 291 g/mol. The fraction of sp³-hybridized carbons (Fsp3) is 0.647. The maximum Gasteiger partial charge on any atom is 0.0612 e. The summed E-state index contributed by atoms with van der Waals surface area (Å²) in [5.74, 6) is 1.85. The number of hydrogen-bond donors (Lipinski definition) is 1. The van der Waals surface area contributed by atoms with Gasteiger partial charge < -0.3 is 10.1 Å². The Morgan fingerprint density at radius 2 is 2.10 bits per heavy atom. The Labute approximate surface area is 126 Å². The molecule has 0 aromatic heterocycles. The van der Waals surface area contributed by atoms with Crippen molar-refractivity contribution in [3.8, 4) is 0 Å². The molecule has 2 aliphatic heterocycles. The van der Waals surface area contributed by atoms with Crippen molar-refractivity contribution >= 4 is 11.8 Å². The summed E-state index contributed by atoms with van der Waals surface area (Å²) >= 11 is 2.00. The summed E-state index contributed by atoms with van der Waals surface area (Å²) < 4.78 is 5.88. The highest BCUT2D eigenvalue weighted by Gasteiger charge is 2.28. The molecule has 2 nitrogen and oxygen atoms in total. The number of hydrogen-bond acceptors (Lipinski definition) is 3. The molecule has 3 unspecified atom stereocenters. The van der Waals surface area contributed by atoms with E-state index in [0.29, 0.717) is 24.1 Å². The average Bonchev–Trinajstić information content (AvgIpc) is 2.48. The third kappa shape index (κ3) is 3.21. The average molecular weight is 291 g/mol. The molecule has 1 N–H and O–H groups in total. The van der Waals surface area contributed by atoms with Crippen LogP contribution in [0.5, 0.6) is 0 Å². The molecule has 1 saturated heterocycles.